The van der Waals surface area contributed by atoms with Gasteiger partial charge in [0.15, 0.2) is 0 Å². The molecule has 0 bridgehead atoms. The molecule has 2 atom stereocenters. The molecule has 0 radical (unpaired) electrons. The monoisotopic (exact) mass is 345 g/mol. The molecule has 2 aromatic rings. The van der Waals surface area contributed by atoms with Crippen LogP contribution >= 0.6 is 0 Å². The smallest absolute Gasteiger partial charge is 0.257 e. The van der Waals surface area contributed by atoms with Crippen LogP contribution in [0, 0.1) is 18.7 Å². The van der Waals surface area contributed by atoms with E-state index in [0.717, 1.165) is 25.7 Å². The quantitative estimate of drug-likeness (QED) is 0.927. The average molecular weight is 345 g/mol. The Morgan fingerprint density at radius 3 is 2.68 bits per heavy atom. The van der Waals surface area contributed by atoms with Gasteiger partial charge in [0.25, 0.3) is 5.91 Å². The number of halogens is 1. The molecule has 0 saturated heterocycles. The molecule has 1 heterocycles. The van der Waals surface area contributed by atoms with Gasteiger partial charge in [0.1, 0.15) is 5.82 Å². The fraction of sp³-hybridized carbons (Fsp3) is 0.474. The number of rotatable bonds is 4. The van der Waals surface area contributed by atoms with Crippen molar-refractivity contribution in [2.45, 2.75) is 38.7 Å². The van der Waals surface area contributed by atoms with Gasteiger partial charge in [-0.25, -0.2) is 9.07 Å². The second-order valence-electron chi connectivity index (χ2n) is 6.83. The number of carbonyl (C=O) groups excluding carboxylic acids is 1. The van der Waals surface area contributed by atoms with Crippen LogP contribution in [0.15, 0.2) is 30.5 Å². The van der Waals surface area contributed by atoms with E-state index in [1.54, 1.807) is 35.0 Å². The summed E-state index contributed by atoms with van der Waals surface area (Å²) in [6.07, 6.45) is 5.15. The maximum Gasteiger partial charge on any atom is 0.257 e. The second-order valence-corrected chi connectivity index (χ2v) is 6.83. The van der Waals surface area contributed by atoms with Crippen molar-refractivity contribution in [3.8, 4) is 5.69 Å². The zero-order chi connectivity index (χ0) is 18.0. The molecule has 134 valence electrons. The predicted molar refractivity (Wildman–Crippen MR) is 93.2 cm³/mol. The van der Waals surface area contributed by atoms with Gasteiger partial charge in [-0.15, -0.1) is 0 Å². The van der Waals surface area contributed by atoms with Gasteiger partial charge in [0.05, 0.1) is 29.2 Å². The first-order valence-electron chi connectivity index (χ1n) is 8.71. The highest BCUT2D eigenvalue weighted by Crippen LogP contribution is 2.25. The summed E-state index contributed by atoms with van der Waals surface area (Å²) in [5.74, 6) is -0.283. The molecule has 0 spiro atoms. The lowest BCUT2D eigenvalue weighted by Crippen LogP contribution is -2.38. The van der Waals surface area contributed by atoms with Crippen LogP contribution in [0.4, 0.5) is 4.39 Å². The Kier molecular flexibility index (Phi) is 5.18. The van der Waals surface area contributed by atoms with Crippen molar-refractivity contribution >= 4 is 5.91 Å². The molecule has 2 unspecified atom stereocenters. The third kappa shape index (κ3) is 3.74. The molecular formula is C19H24FN3O2. The van der Waals surface area contributed by atoms with Crippen LogP contribution in [0.5, 0.6) is 0 Å². The molecule has 1 aliphatic carbocycles. The lowest BCUT2D eigenvalue weighted by Gasteiger charge is -2.31. The Morgan fingerprint density at radius 2 is 2.00 bits per heavy atom. The number of benzene rings is 1. The second kappa shape index (κ2) is 7.35. The van der Waals surface area contributed by atoms with Crippen molar-refractivity contribution in [1.82, 2.24) is 14.7 Å². The lowest BCUT2D eigenvalue weighted by molar-refractivity contribution is 0.0451. The number of aliphatic hydroxyl groups is 1. The maximum absolute atomic E-state index is 13.1. The molecule has 0 aliphatic heterocycles. The highest BCUT2D eigenvalue weighted by Gasteiger charge is 2.27. The number of aromatic nitrogens is 2. The molecule has 1 N–H and O–H groups in total. The van der Waals surface area contributed by atoms with Gasteiger partial charge >= 0.3 is 0 Å². The standard InChI is InChI=1S/C19H24FN3O2/c1-13-17(11-21-23(13)16-9-7-15(20)8-10-16)19(25)22(2)12-14-5-3-4-6-18(14)24/h7-11,14,18,24H,3-6,12H2,1-2H3. The van der Waals surface area contributed by atoms with Crippen LogP contribution in [0.3, 0.4) is 0 Å². The van der Waals surface area contributed by atoms with Crippen LogP contribution in [0.2, 0.25) is 0 Å². The van der Waals surface area contributed by atoms with Crippen molar-refractivity contribution < 1.29 is 14.3 Å². The molecule has 1 aromatic heterocycles. The highest BCUT2D eigenvalue weighted by atomic mass is 19.1. The van der Waals surface area contributed by atoms with Crippen molar-refractivity contribution in [2.24, 2.45) is 5.92 Å². The van der Waals surface area contributed by atoms with Gasteiger partial charge in [-0.1, -0.05) is 12.8 Å². The zero-order valence-electron chi connectivity index (χ0n) is 14.7. The van der Waals surface area contributed by atoms with Crippen LogP contribution in [-0.2, 0) is 0 Å². The number of nitrogens with zero attached hydrogens (tertiary/aromatic N) is 3. The lowest BCUT2D eigenvalue weighted by atomic mass is 9.86. The predicted octanol–water partition coefficient (Wildman–Crippen LogP) is 2.94. The van der Waals surface area contributed by atoms with E-state index < -0.39 is 0 Å². The van der Waals surface area contributed by atoms with Crippen molar-refractivity contribution in [3.63, 3.8) is 0 Å². The fourth-order valence-electron chi connectivity index (χ4n) is 3.50. The first-order chi connectivity index (χ1) is 12.0. The van der Waals surface area contributed by atoms with Gasteiger partial charge in [-0.05, 0) is 44.0 Å². The fourth-order valence-corrected chi connectivity index (χ4v) is 3.50. The van der Waals surface area contributed by atoms with Gasteiger partial charge in [-0.3, -0.25) is 4.79 Å². The molecular weight excluding hydrogens is 321 g/mol. The topological polar surface area (TPSA) is 58.4 Å². The summed E-state index contributed by atoms with van der Waals surface area (Å²) in [6.45, 7) is 2.37. The normalized spacial score (nSPS) is 20.5. The van der Waals surface area contributed by atoms with Crippen molar-refractivity contribution in [1.29, 1.82) is 0 Å². The van der Waals surface area contributed by atoms with Crippen LogP contribution < -0.4 is 0 Å². The minimum Gasteiger partial charge on any atom is -0.393 e. The molecule has 1 fully saturated rings. The van der Waals surface area contributed by atoms with Gasteiger partial charge in [0.2, 0.25) is 0 Å². The van der Waals surface area contributed by atoms with E-state index in [2.05, 4.69) is 5.10 Å². The van der Waals surface area contributed by atoms with Crippen molar-refractivity contribution in [2.75, 3.05) is 13.6 Å². The summed E-state index contributed by atoms with van der Waals surface area (Å²) in [6, 6.07) is 6.00. The number of amides is 1. The number of carbonyl (C=O) groups is 1. The van der Waals surface area contributed by atoms with Crippen LogP contribution in [0.1, 0.15) is 41.7 Å². The van der Waals surface area contributed by atoms with E-state index in [1.165, 1.54) is 12.1 Å². The Morgan fingerprint density at radius 1 is 1.32 bits per heavy atom. The minimum absolute atomic E-state index is 0.108. The van der Waals surface area contributed by atoms with E-state index in [1.807, 2.05) is 6.92 Å². The summed E-state index contributed by atoms with van der Waals surface area (Å²) in [7, 11) is 1.76. The molecule has 6 heteroatoms. The van der Waals surface area contributed by atoms with E-state index >= 15 is 0 Å². The molecule has 1 aromatic carbocycles. The third-order valence-electron chi connectivity index (χ3n) is 5.04. The summed E-state index contributed by atoms with van der Waals surface area (Å²) in [5, 5.41) is 14.4. The van der Waals surface area contributed by atoms with Crippen LogP contribution in [-0.4, -0.2) is 45.4 Å². The minimum atomic E-state index is -0.327. The molecule has 1 saturated carbocycles. The molecule has 1 amide bonds. The first-order valence-corrected chi connectivity index (χ1v) is 8.71. The van der Waals surface area contributed by atoms with Crippen LogP contribution in [0.25, 0.3) is 5.69 Å². The Hall–Kier alpha value is -2.21. The van der Waals surface area contributed by atoms with Gasteiger partial charge in [-0.2, -0.15) is 5.10 Å². The Balaban J connectivity index is 1.75. The highest BCUT2D eigenvalue weighted by molar-refractivity contribution is 5.95. The summed E-state index contributed by atoms with van der Waals surface area (Å²) in [5.41, 5.74) is 1.95. The average Bonchev–Trinajstić information content (AvgIpc) is 2.98. The summed E-state index contributed by atoms with van der Waals surface area (Å²) < 4.78 is 14.7. The van der Waals surface area contributed by atoms with E-state index in [0.29, 0.717) is 23.5 Å². The van der Waals surface area contributed by atoms with Crippen molar-refractivity contribution in [3.05, 3.63) is 47.5 Å². The number of hydrogen-bond acceptors (Lipinski definition) is 3. The third-order valence-corrected chi connectivity index (χ3v) is 5.04. The first kappa shape index (κ1) is 17.6. The Labute approximate surface area is 147 Å². The SMILES string of the molecule is Cc1c(C(=O)N(C)CC2CCCCC2O)cnn1-c1ccc(F)cc1. The number of aliphatic hydroxyl groups excluding tert-OH is 1. The summed E-state index contributed by atoms with van der Waals surface area (Å²) >= 11 is 0. The molecule has 1 aliphatic rings. The van der Waals surface area contributed by atoms with Gasteiger partial charge in [0, 0.05) is 19.5 Å². The molecule has 25 heavy (non-hydrogen) atoms. The Bertz CT molecular complexity index is 742. The van der Waals surface area contributed by atoms with E-state index in [9.17, 15) is 14.3 Å². The van der Waals surface area contributed by atoms with Gasteiger partial charge < -0.3 is 10.0 Å². The maximum atomic E-state index is 13.1. The molecule has 5 nitrogen and oxygen atoms in total. The zero-order valence-corrected chi connectivity index (χ0v) is 14.7. The molecule has 3 rings (SSSR count). The van der Waals surface area contributed by atoms with E-state index in [4.69, 9.17) is 0 Å². The summed E-state index contributed by atoms with van der Waals surface area (Å²) in [4.78, 5) is 14.4. The number of hydrogen-bond donors (Lipinski definition) is 1. The van der Waals surface area contributed by atoms with E-state index in [-0.39, 0.29) is 23.7 Å². The largest absolute Gasteiger partial charge is 0.393 e.